The van der Waals surface area contributed by atoms with Crippen molar-refractivity contribution in [3.63, 3.8) is 0 Å². The van der Waals surface area contributed by atoms with Gasteiger partial charge < -0.3 is 0 Å². The van der Waals surface area contributed by atoms with Gasteiger partial charge in [0.1, 0.15) is 0 Å². The molecule has 0 aliphatic heterocycles. The highest BCUT2D eigenvalue weighted by Crippen LogP contribution is 2.47. The molecule has 2 aliphatic carbocycles. The summed E-state index contributed by atoms with van der Waals surface area (Å²) in [6.07, 6.45) is 1.27. The number of benzene rings is 1. The fourth-order valence-electron chi connectivity index (χ4n) is 3.53. The van der Waals surface area contributed by atoms with E-state index in [1.54, 1.807) is 12.1 Å². The summed E-state index contributed by atoms with van der Waals surface area (Å²) in [4.78, 5) is 10.8. The van der Waals surface area contributed by atoms with Gasteiger partial charge in [0, 0.05) is 11.3 Å². The number of rotatable bonds is 4. The smallest absolute Gasteiger partial charge is 0.264 e. The van der Waals surface area contributed by atoms with Crippen LogP contribution >= 0.6 is 0 Å². The minimum atomic E-state index is -3.85. The SMILES string of the molecule is Cc1ccc(S(=O)(=O)O[C@@H]2C[C@@H]3C[C@H]2[C@@H]([N+](=O)[O-])C3)cc1. The van der Waals surface area contributed by atoms with Crippen molar-refractivity contribution in [2.75, 3.05) is 0 Å². The lowest BCUT2D eigenvalue weighted by Crippen LogP contribution is -2.37. The van der Waals surface area contributed by atoms with Crippen LogP contribution in [-0.4, -0.2) is 25.5 Å². The number of hydrogen-bond donors (Lipinski definition) is 0. The molecule has 2 fully saturated rings. The number of nitro groups is 1. The van der Waals surface area contributed by atoms with Crippen LogP contribution in [0.4, 0.5) is 0 Å². The normalized spacial score (nSPS) is 31.5. The standard InChI is InChI=1S/C14H17NO5S/c1-9-2-4-11(5-3-9)21(18,19)20-14-8-10-6-12(14)13(7-10)15(16)17/h2-5,10,12-14H,6-8H2,1H3/t10-,12+,13+,14-/m1/s1. The van der Waals surface area contributed by atoms with Crippen LogP contribution in [0.25, 0.3) is 0 Å². The zero-order valence-electron chi connectivity index (χ0n) is 11.6. The number of aryl methyl sites for hydroxylation is 1. The van der Waals surface area contributed by atoms with Gasteiger partial charge in [0.2, 0.25) is 6.04 Å². The fourth-order valence-corrected chi connectivity index (χ4v) is 4.65. The Balaban J connectivity index is 1.77. The van der Waals surface area contributed by atoms with Crippen LogP contribution in [0.2, 0.25) is 0 Å². The molecule has 0 saturated heterocycles. The highest BCUT2D eigenvalue weighted by atomic mass is 32.2. The van der Waals surface area contributed by atoms with E-state index >= 15 is 0 Å². The predicted molar refractivity (Wildman–Crippen MR) is 74.9 cm³/mol. The van der Waals surface area contributed by atoms with E-state index in [-0.39, 0.29) is 21.7 Å². The molecule has 2 saturated carbocycles. The van der Waals surface area contributed by atoms with Crippen LogP contribution in [0, 0.1) is 28.9 Å². The van der Waals surface area contributed by atoms with Crippen molar-refractivity contribution in [1.29, 1.82) is 0 Å². The van der Waals surface area contributed by atoms with E-state index in [9.17, 15) is 18.5 Å². The summed E-state index contributed by atoms with van der Waals surface area (Å²) in [7, 11) is -3.85. The molecule has 3 rings (SSSR count). The second-order valence-corrected chi connectivity index (χ2v) is 7.56. The molecular weight excluding hydrogens is 294 g/mol. The maximum atomic E-state index is 12.3. The molecule has 2 aliphatic rings. The summed E-state index contributed by atoms with van der Waals surface area (Å²) in [6, 6.07) is 5.75. The maximum Gasteiger partial charge on any atom is 0.297 e. The molecule has 6 nitrogen and oxygen atoms in total. The summed E-state index contributed by atoms with van der Waals surface area (Å²) in [5, 5.41) is 11.0. The number of hydrogen-bond acceptors (Lipinski definition) is 5. The highest BCUT2D eigenvalue weighted by Gasteiger charge is 2.54. The van der Waals surface area contributed by atoms with Gasteiger partial charge in [-0.15, -0.1) is 0 Å². The van der Waals surface area contributed by atoms with E-state index in [1.807, 2.05) is 6.92 Å². The molecule has 0 radical (unpaired) electrons. The second kappa shape index (κ2) is 5.06. The Kier molecular flexibility index (Phi) is 3.49. The van der Waals surface area contributed by atoms with Crippen molar-refractivity contribution in [2.45, 2.75) is 43.2 Å². The van der Waals surface area contributed by atoms with E-state index in [1.165, 1.54) is 12.1 Å². The Bertz CT molecular complexity index is 654. The molecule has 1 aromatic rings. The van der Waals surface area contributed by atoms with E-state index in [0.717, 1.165) is 5.56 Å². The zero-order valence-corrected chi connectivity index (χ0v) is 12.5. The van der Waals surface area contributed by atoms with Crippen LogP contribution < -0.4 is 0 Å². The maximum absolute atomic E-state index is 12.3. The molecule has 0 spiro atoms. The van der Waals surface area contributed by atoms with E-state index in [0.29, 0.717) is 19.3 Å². The van der Waals surface area contributed by atoms with E-state index < -0.39 is 22.3 Å². The van der Waals surface area contributed by atoms with Crippen molar-refractivity contribution >= 4 is 10.1 Å². The minimum absolute atomic E-state index is 0.105. The summed E-state index contributed by atoms with van der Waals surface area (Å²) in [5.74, 6) is -0.0751. The molecule has 114 valence electrons. The average Bonchev–Trinajstić information content (AvgIpc) is 2.98. The van der Waals surface area contributed by atoms with Gasteiger partial charge in [-0.2, -0.15) is 8.42 Å². The van der Waals surface area contributed by atoms with Gasteiger partial charge in [-0.3, -0.25) is 14.3 Å². The number of fused-ring (bicyclic) bond motifs is 2. The van der Waals surface area contributed by atoms with Crippen LogP contribution in [0.15, 0.2) is 29.2 Å². The Labute approximate surface area is 123 Å². The van der Waals surface area contributed by atoms with E-state index in [4.69, 9.17) is 4.18 Å². The average molecular weight is 311 g/mol. The lowest BCUT2D eigenvalue weighted by atomic mass is 9.93. The molecule has 21 heavy (non-hydrogen) atoms. The topological polar surface area (TPSA) is 86.5 Å². The first kappa shape index (κ1) is 14.5. The van der Waals surface area contributed by atoms with E-state index in [2.05, 4.69) is 0 Å². The lowest BCUT2D eigenvalue weighted by Gasteiger charge is -2.24. The van der Waals surface area contributed by atoms with Gasteiger partial charge in [0.15, 0.2) is 0 Å². The summed E-state index contributed by atoms with van der Waals surface area (Å²) in [6.45, 7) is 1.87. The van der Waals surface area contributed by atoms with Gasteiger partial charge in [-0.05, 0) is 37.8 Å². The second-order valence-electron chi connectivity index (χ2n) is 5.99. The third-order valence-electron chi connectivity index (χ3n) is 4.55. The molecule has 4 atom stereocenters. The first-order valence-electron chi connectivity index (χ1n) is 7.00. The Morgan fingerprint density at radius 1 is 1.19 bits per heavy atom. The summed E-state index contributed by atoms with van der Waals surface area (Å²) >= 11 is 0. The van der Waals surface area contributed by atoms with Crippen LogP contribution in [0.3, 0.4) is 0 Å². The number of nitrogens with zero attached hydrogens (tertiary/aromatic N) is 1. The molecule has 0 unspecified atom stereocenters. The van der Waals surface area contributed by atoms with Crippen LogP contribution in [0.1, 0.15) is 24.8 Å². The summed E-state index contributed by atoms with van der Waals surface area (Å²) < 4.78 is 29.8. The lowest BCUT2D eigenvalue weighted by molar-refractivity contribution is -0.532. The van der Waals surface area contributed by atoms with Crippen molar-refractivity contribution in [3.05, 3.63) is 39.9 Å². The van der Waals surface area contributed by atoms with Gasteiger partial charge in [-0.1, -0.05) is 17.7 Å². The van der Waals surface area contributed by atoms with Crippen molar-refractivity contribution in [1.82, 2.24) is 0 Å². The van der Waals surface area contributed by atoms with Crippen molar-refractivity contribution < 1.29 is 17.5 Å². The fraction of sp³-hybridized carbons (Fsp3) is 0.571. The quantitative estimate of drug-likeness (QED) is 0.483. The molecule has 0 aromatic heterocycles. The predicted octanol–water partition coefficient (Wildman–Crippen LogP) is 2.14. The third-order valence-corrected chi connectivity index (χ3v) is 5.90. The Morgan fingerprint density at radius 3 is 2.43 bits per heavy atom. The molecule has 7 heteroatoms. The summed E-state index contributed by atoms with van der Waals surface area (Å²) in [5.41, 5.74) is 0.960. The molecular formula is C14H17NO5S. The van der Waals surface area contributed by atoms with Gasteiger partial charge in [0.25, 0.3) is 10.1 Å². The van der Waals surface area contributed by atoms with Gasteiger partial charge >= 0.3 is 0 Å². The first-order chi connectivity index (χ1) is 9.87. The monoisotopic (exact) mass is 311 g/mol. The largest absolute Gasteiger partial charge is 0.297 e. The first-order valence-corrected chi connectivity index (χ1v) is 8.41. The molecule has 2 bridgehead atoms. The van der Waals surface area contributed by atoms with Crippen molar-refractivity contribution in [2.24, 2.45) is 11.8 Å². The molecule has 0 N–H and O–H groups in total. The van der Waals surface area contributed by atoms with Gasteiger partial charge in [0.05, 0.1) is 16.9 Å². The Hall–Kier alpha value is -1.47. The van der Waals surface area contributed by atoms with Gasteiger partial charge in [-0.25, -0.2) is 0 Å². The minimum Gasteiger partial charge on any atom is -0.264 e. The molecule has 0 amide bonds. The third kappa shape index (κ3) is 2.67. The Morgan fingerprint density at radius 2 is 1.86 bits per heavy atom. The van der Waals surface area contributed by atoms with Crippen LogP contribution in [0.5, 0.6) is 0 Å². The van der Waals surface area contributed by atoms with Crippen LogP contribution in [-0.2, 0) is 14.3 Å². The zero-order chi connectivity index (χ0) is 15.2. The molecule has 0 heterocycles. The molecule has 1 aromatic carbocycles. The van der Waals surface area contributed by atoms with Crippen molar-refractivity contribution in [3.8, 4) is 0 Å². The highest BCUT2D eigenvalue weighted by molar-refractivity contribution is 7.86.